The van der Waals surface area contributed by atoms with Crippen molar-refractivity contribution >= 4 is 55.8 Å². The Balaban J connectivity index is 1.92. The van der Waals surface area contributed by atoms with E-state index in [1.54, 1.807) is 57.4 Å². The smallest absolute Gasteiger partial charge is 0.350 e. The van der Waals surface area contributed by atoms with E-state index >= 15 is 0 Å². The number of methoxy groups -OCH3 is 1. The van der Waals surface area contributed by atoms with Crippen LogP contribution in [0.15, 0.2) is 52.5 Å². The van der Waals surface area contributed by atoms with Gasteiger partial charge in [-0.1, -0.05) is 39.4 Å². The number of rotatable bonds is 6. The number of carbonyl (C=O) groups is 3. The third-order valence-corrected chi connectivity index (χ3v) is 7.36. The number of hydrogen-bond donors (Lipinski definition) is 1. The maximum Gasteiger partial charge on any atom is 0.350 e. The Kier molecular flexibility index (Phi) is 7.28. The van der Waals surface area contributed by atoms with Crippen LogP contribution in [0.4, 0.5) is 5.13 Å². The van der Waals surface area contributed by atoms with Crippen LogP contribution in [-0.2, 0) is 14.3 Å². The first kappa shape index (κ1) is 25.6. The van der Waals surface area contributed by atoms with Crippen molar-refractivity contribution in [3.8, 4) is 5.75 Å². The Bertz CT molecular complexity index is 1410. The average Bonchev–Trinajstić information content (AvgIpc) is 3.35. The van der Waals surface area contributed by atoms with E-state index in [1.165, 1.54) is 4.90 Å². The van der Waals surface area contributed by atoms with E-state index in [4.69, 9.17) is 9.47 Å². The van der Waals surface area contributed by atoms with Crippen LogP contribution in [0.1, 0.15) is 45.0 Å². The number of carbonyl (C=O) groups excluding carboxylic acids is 3. The molecule has 8 nitrogen and oxygen atoms in total. The SMILES string of the molecule is CCOC(=O)c1sc(N2C(=O)C(=O)/C(=C(/O)c3ccc(OC)c(C)c3)[C@H]2c2cccc(Br)c2)nc1C. The minimum absolute atomic E-state index is 0.0757. The number of thiazole rings is 1. The molecule has 1 aromatic heterocycles. The molecule has 1 atom stereocenters. The lowest BCUT2D eigenvalue weighted by molar-refractivity contribution is -0.132. The van der Waals surface area contributed by atoms with Gasteiger partial charge in [0.05, 0.1) is 31.0 Å². The molecule has 0 spiro atoms. The highest BCUT2D eigenvalue weighted by Gasteiger charge is 2.48. The van der Waals surface area contributed by atoms with E-state index in [0.717, 1.165) is 21.4 Å². The summed E-state index contributed by atoms with van der Waals surface area (Å²) >= 11 is 4.40. The summed E-state index contributed by atoms with van der Waals surface area (Å²) in [6.45, 7) is 5.34. The van der Waals surface area contributed by atoms with Crippen molar-refractivity contribution in [1.82, 2.24) is 4.98 Å². The minimum Gasteiger partial charge on any atom is -0.507 e. The Labute approximate surface area is 220 Å². The van der Waals surface area contributed by atoms with Gasteiger partial charge in [0.2, 0.25) is 0 Å². The maximum atomic E-state index is 13.4. The third-order valence-electron chi connectivity index (χ3n) is 5.73. The van der Waals surface area contributed by atoms with Crippen molar-refractivity contribution in [2.45, 2.75) is 26.8 Å². The first-order chi connectivity index (χ1) is 17.2. The molecule has 36 heavy (non-hydrogen) atoms. The lowest BCUT2D eigenvalue weighted by Gasteiger charge is -2.23. The number of esters is 1. The lowest BCUT2D eigenvalue weighted by atomic mass is 9.95. The van der Waals surface area contributed by atoms with E-state index in [-0.39, 0.29) is 27.9 Å². The molecule has 2 aromatic carbocycles. The molecular weight excluding hydrogens is 548 g/mol. The van der Waals surface area contributed by atoms with Crippen LogP contribution >= 0.6 is 27.3 Å². The highest BCUT2D eigenvalue weighted by Crippen LogP contribution is 2.44. The number of anilines is 1. The molecule has 0 radical (unpaired) electrons. The van der Waals surface area contributed by atoms with Gasteiger partial charge < -0.3 is 14.6 Å². The monoisotopic (exact) mass is 570 g/mol. The molecule has 0 bridgehead atoms. The van der Waals surface area contributed by atoms with Crippen LogP contribution in [0.25, 0.3) is 5.76 Å². The number of ketones is 1. The van der Waals surface area contributed by atoms with Gasteiger partial charge in [-0.2, -0.15) is 0 Å². The van der Waals surface area contributed by atoms with E-state index in [1.807, 2.05) is 13.0 Å². The Hall–Kier alpha value is -3.50. The predicted molar refractivity (Wildman–Crippen MR) is 139 cm³/mol. The largest absolute Gasteiger partial charge is 0.507 e. The number of halogens is 1. The average molecular weight is 571 g/mol. The first-order valence-electron chi connectivity index (χ1n) is 11.0. The number of ether oxygens (including phenoxy) is 2. The fourth-order valence-corrected chi connectivity index (χ4v) is 5.48. The number of aryl methyl sites for hydroxylation is 2. The third kappa shape index (κ3) is 4.54. The Morgan fingerprint density at radius 1 is 1.19 bits per heavy atom. The highest BCUT2D eigenvalue weighted by atomic mass is 79.9. The Morgan fingerprint density at radius 3 is 2.58 bits per heavy atom. The van der Waals surface area contributed by atoms with Crippen LogP contribution in [-0.4, -0.2) is 41.5 Å². The van der Waals surface area contributed by atoms with Gasteiger partial charge in [0.1, 0.15) is 16.4 Å². The van der Waals surface area contributed by atoms with Crippen LogP contribution in [0, 0.1) is 13.8 Å². The quantitative estimate of drug-likeness (QED) is 0.184. The van der Waals surface area contributed by atoms with E-state index in [2.05, 4.69) is 20.9 Å². The summed E-state index contributed by atoms with van der Waals surface area (Å²) in [6.07, 6.45) is 0. The molecule has 10 heteroatoms. The molecule has 2 heterocycles. The number of aromatic nitrogens is 1. The zero-order valence-corrected chi connectivity index (χ0v) is 22.4. The number of Topliss-reactive ketones (excluding diaryl/α,β-unsaturated/α-hetero) is 1. The number of nitrogens with zero attached hydrogens (tertiary/aromatic N) is 2. The van der Waals surface area contributed by atoms with Crippen molar-refractivity contribution < 1.29 is 29.0 Å². The van der Waals surface area contributed by atoms with Gasteiger partial charge in [-0.3, -0.25) is 14.5 Å². The number of aliphatic hydroxyl groups excluding tert-OH is 1. The minimum atomic E-state index is -0.967. The molecule has 1 fully saturated rings. The van der Waals surface area contributed by atoms with Crippen molar-refractivity contribution in [2.24, 2.45) is 0 Å². The van der Waals surface area contributed by atoms with Gasteiger partial charge in [-0.05, 0) is 62.2 Å². The molecule has 1 aliphatic heterocycles. The van der Waals surface area contributed by atoms with Crippen molar-refractivity contribution in [2.75, 3.05) is 18.6 Å². The Morgan fingerprint density at radius 2 is 1.94 bits per heavy atom. The van der Waals surface area contributed by atoms with Gasteiger partial charge in [-0.15, -0.1) is 0 Å². The molecular formula is C26H23BrN2O6S. The molecule has 1 saturated heterocycles. The zero-order chi connectivity index (χ0) is 26.1. The van der Waals surface area contributed by atoms with E-state index in [9.17, 15) is 19.5 Å². The molecule has 4 rings (SSSR count). The fraction of sp³-hybridized carbons (Fsp3) is 0.231. The number of hydrogen-bond acceptors (Lipinski definition) is 8. The van der Waals surface area contributed by atoms with Crippen LogP contribution in [0.3, 0.4) is 0 Å². The summed E-state index contributed by atoms with van der Waals surface area (Å²) in [6, 6.07) is 11.1. The van der Waals surface area contributed by atoms with Gasteiger partial charge in [0, 0.05) is 10.0 Å². The molecule has 1 aliphatic rings. The van der Waals surface area contributed by atoms with Crippen LogP contribution < -0.4 is 9.64 Å². The topological polar surface area (TPSA) is 106 Å². The summed E-state index contributed by atoms with van der Waals surface area (Å²) in [5.41, 5.74) is 2.02. The second kappa shape index (κ2) is 10.2. The molecule has 0 aliphatic carbocycles. The fourth-order valence-electron chi connectivity index (χ4n) is 4.07. The second-order valence-corrected chi connectivity index (χ2v) is 9.93. The van der Waals surface area contributed by atoms with Gasteiger partial charge in [-0.25, -0.2) is 9.78 Å². The molecule has 1 amide bonds. The molecule has 1 N–H and O–H groups in total. The maximum absolute atomic E-state index is 13.4. The van der Waals surface area contributed by atoms with Gasteiger partial charge in [0.25, 0.3) is 5.78 Å². The molecule has 3 aromatic rings. The summed E-state index contributed by atoms with van der Waals surface area (Å²) < 4.78 is 11.1. The highest BCUT2D eigenvalue weighted by molar-refractivity contribution is 9.10. The molecule has 186 valence electrons. The summed E-state index contributed by atoms with van der Waals surface area (Å²) in [5.74, 6) is -1.94. The van der Waals surface area contributed by atoms with E-state index < -0.39 is 23.7 Å². The molecule has 0 unspecified atom stereocenters. The number of aliphatic hydroxyl groups is 1. The van der Waals surface area contributed by atoms with Crippen molar-refractivity contribution in [1.29, 1.82) is 0 Å². The van der Waals surface area contributed by atoms with Gasteiger partial charge in [0.15, 0.2) is 5.13 Å². The summed E-state index contributed by atoms with van der Waals surface area (Å²) in [7, 11) is 1.54. The second-order valence-electron chi connectivity index (χ2n) is 8.04. The number of benzene rings is 2. The van der Waals surface area contributed by atoms with Crippen LogP contribution in [0.5, 0.6) is 5.75 Å². The van der Waals surface area contributed by atoms with E-state index in [0.29, 0.717) is 22.6 Å². The predicted octanol–water partition coefficient (Wildman–Crippen LogP) is 5.33. The summed E-state index contributed by atoms with van der Waals surface area (Å²) in [4.78, 5) is 45.0. The summed E-state index contributed by atoms with van der Waals surface area (Å²) in [5, 5.41) is 11.5. The van der Waals surface area contributed by atoms with Crippen molar-refractivity contribution in [3.63, 3.8) is 0 Å². The lowest BCUT2D eigenvalue weighted by Crippen LogP contribution is -2.29. The normalized spacial score (nSPS) is 16.9. The van der Waals surface area contributed by atoms with Gasteiger partial charge >= 0.3 is 11.9 Å². The van der Waals surface area contributed by atoms with Crippen LogP contribution in [0.2, 0.25) is 0 Å². The van der Waals surface area contributed by atoms with Crippen molar-refractivity contribution in [3.05, 3.63) is 79.8 Å². The zero-order valence-electron chi connectivity index (χ0n) is 20.0. The number of amides is 1. The molecule has 0 saturated carbocycles. The first-order valence-corrected chi connectivity index (χ1v) is 12.6. The standard InChI is InChI=1S/C26H23BrN2O6S/c1-5-35-25(33)23-14(3)28-26(36-23)29-20(15-7-6-8-17(27)12-15)19(22(31)24(29)32)21(30)16-9-10-18(34-4)13(2)11-16/h6-12,20,30H,5H2,1-4H3/b21-19+/t20-/m1/s1.